The van der Waals surface area contributed by atoms with Crippen LogP contribution in [0.25, 0.3) is 27.8 Å². The predicted octanol–water partition coefficient (Wildman–Crippen LogP) is 2.23. The molecule has 0 atom stereocenters. The molecule has 6 nitrogen and oxygen atoms in total. The van der Waals surface area contributed by atoms with Crippen molar-refractivity contribution in [2.75, 3.05) is 31.1 Å². The number of pyridine rings is 1. The van der Waals surface area contributed by atoms with Crippen molar-refractivity contribution in [3.63, 3.8) is 0 Å². The van der Waals surface area contributed by atoms with E-state index in [4.69, 9.17) is 0 Å². The first-order valence-electron chi connectivity index (χ1n) is 8.86. The second-order valence-corrected chi connectivity index (χ2v) is 6.57. The van der Waals surface area contributed by atoms with Gasteiger partial charge >= 0.3 is 0 Å². The quantitative estimate of drug-likeness (QED) is 0.585. The minimum atomic E-state index is -0.101. The SMILES string of the molecule is O=c1c2c[nH]c3cc(N4CCNCC4)ccc3c-2nn1-c1ccccc1. The van der Waals surface area contributed by atoms with Gasteiger partial charge in [0.1, 0.15) is 5.69 Å². The molecular weight excluding hydrogens is 326 g/mol. The molecule has 0 radical (unpaired) electrons. The van der Waals surface area contributed by atoms with Crippen LogP contribution >= 0.6 is 0 Å². The van der Waals surface area contributed by atoms with E-state index in [9.17, 15) is 4.79 Å². The van der Waals surface area contributed by atoms with Crippen molar-refractivity contribution >= 4 is 16.6 Å². The lowest BCUT2D eigenvalue weighted by Gasteiger charge is -2.29. The van der Waals surface area contributed by atoms with Crippen molar-refractivity contribution in [3.8, 4) is 16.9 Å². The van der Waals surface area contributed by atoms with E-state index in [0.717, 1.165) is 48.5 Å². The first kappa shape index (κ1) is 15.2. The van der Waals surface area contributed by atoms with Gasteiger partial charge in [-0.3, -0.25) is 4.79 Å². The van der Waals surface area contributed by atoms with Gasteiger partial charge in [-0.1, -0.05) is 18.2 Å². The zero-order chi connectivity index (χ0) is 17.5. The number of para-hydroxylation sites is 1. The first-order chi connectivity index (χ1) is 12.8. The molecule has 3 aliphatic heterocycles. The van der Waals surface area contributed by atoms with Crippen LogP contribution in [0.1, 0.15) is 0 Å². The summed E-state index contributed by atoms with van der Waals surface area (Å²) in [6, 6.07) is 15.9. The monoisotopic (exact) mass is 345 g/mol. The highest BCUT2D eigenvalue weighted by Crippen LogP contribution is 2.29. The van der Waals surface area contributed by atoms with Gasteiger partial charge in [0.2, 0.25) is 0 Å². The van der Waals surface area contributed by atoms with Gasteiger partial charge in [0, 0.05) is 49.0 Å². The lowest BCUT2D eigenvalue weighted by molar-refractivity contribution is 0.589. The van der Waals surface area contributed by atoms with Gasteiger partial charge in [0.05, 0.1) is 11.3 Å². The Kier molecular flexibility index (Phi) is 3.50. The van der Waals surface area contributed by atoms with Gasteiger partial charge in [-0.25, -0.2) is 0 Å². The van der Waals surface area contributed by atoms with Gasteiger partial charge in [-0.2, -0.15) is 9.78 Å². The molecule has 3 heterocycles. The van der Waals surface area contributed by atoms with Crippen LogP contribution < -0.4 is 15.8 Å². The maximum atomic E-state index is 12.8. The largest absolute Gasteiger partial charge is 0.369 e. The van der Waals surface area contributed by atoms with Crippen molar-refractivity contribution in [1.29, 1.82) is 0 Å². The Morgan fingerprint density at radius 1 is 0.962 bits per heavy atom. The number of benzene rings is 2. The summed E-state index contributed by atoms with van der Waals surface area (Å²) in [7, 11) is 0. The van der Waals surface area contributed by atoms with Crippen LogP contribution in [0.4, 0.5) is 5.69 Å². The molecule has 130 valence electrons. The maximum Gasteiger partial charge on any atom is 0.282 e. The third kappa shape index (κ3) is 2.38. The Labute approximate surface area is 150 Å². The Bertz CT molecular complexity index is 1090. The van der Waals surface area contributed by atoms with Crippen LogP contribution in [0.15, 0.2) is 59.5 Å². The molecule has 2 N–H and O–H groups in total. The molecule has 5 rings (SSSR count). The first-order valence-corrected chi connectivity index (χ1v) is 8.86. The number of nitrogens with zero attached hydrogens (tertiary/aromatic N) is 3. The van der Waals surface area contributed by atoms with Crippen molar-refractivity contribution in [2.24, 2.45) is 0 Å². The van der Waals surface area contributed by atoms with Crippen LogP contribution in [0.2, 0.25) is 0 Å². The summed E-state index contributed by atoms with van der Waals surface area (Å²) < 4.78 is 1.47. The van der Waals surface area contributed by atoms with Gasteiger partial charge in [-0.15, -0.1) is 0 Å². The second-order valence-electron chi connectivity index (χ2n) is 6.57. The van der Waals surface area contributed by atoms with E-state index in [1.807, 2.05) is 30.3 Å². The third-order valence-corrected chi connectivity index (χ3v) is 4.99. The zero-order valence-corrected chi connectivity index (χ0v) is 14.3. The number of rotatable bonds is 2. The maximum absolute atomic E-state index is 12.8. The number of aromatic nitrogens is 3. The smallest absolute Gasteiger partial charge is 0.282 e. The van der Waals surface area contributed by atoms with Crippen molar-refractivity contribution in [2.45, 2.75) is 0 Å². The number of piperazine rings is 1. The zero-order valence-electron chi connectivity index (χ0n) is 14.3. The molecule has 0 aromatic heterocycles. The fourth-order valence-electron chi connectivity index (χ4n) is 3.62. The number of H-pyrrole nitrogens is 1. The number of nitrogens with one attached hydrogen (secondary N) is 2. The molecule has 0 aliphatic carbocycles. The molecule has 0 bridgehead atoms. The van der Waals surface area contributed by atoms with E-state index in [-0.39, 0.29) is 5.56 Å². The minimum absolute atomic E-state index is 0.101. The van der Waals surface area contributed by atoms with Gasteiger partial charge in [0.15, 0.2) is 0 Å². The summed E-state index contributed by atoms with van der Waals surface area (Å²) in [4.78, 5) is 18.4. The standard InChI is InChI=1S/C20H19N5O/c26-20-17-13-22-18-12-15(24-10-8-21-9-11-24)6-7-16(18)19(17)23-25(20)14-4-2-1-3-5-14/h1-7,12-13,21-22H,8-11H2. The summed E-state index contributed by atoms with van der Waals surface area (Å²) in [5, 5.41) is 8.95. The van der Waals surface area contributed by atoms with Crippen molar-refractivity contribution in [1.82, 2.24) is 20.1 Å². The molecule has 2 aromatic carbocycles. The van der Waals surface area contributed by atoms with E-state index in [1.54, 1.807) is 6.20 Å². The second kappa shape index (κ2) is 6.00. The molecule has 1 saturated heterocycles. The fourth-order valence-corrected chi connectivity index (χ4v) is 3.62. The summed E-state index contributed by atoms with van der Waals surface area (Å²) in [5.41, 5.74) is 4.20. The van der Waals surface area contributed by atoms with E-state index < -0.39 is 0 Å². The highest BCUT2D eigenvalue weighted by molar-refractivity contribution is 5.95. The van der Waals surface area contributed by atoms with Gasteiger partial charge in [-0.05, 0) is 30.3 Å². The van der Waals surface area contributed by atoms with Crippen LogP contribution in [0.5, 0.6) is 0 Å². The van der Waals surface area contributed by atoms with E-state index in [1.165, 1.54) is 10.4 Å². The van der Waals surface area contributed by atoms with Gasteiger partial charge in [0.25, 0.3) is 5.56 Å². The molecule has 6 heteroatoms. The number of aromatic amines is 1. The molecule has 2 aromatic rings. The summed E-state index contributed by atoms with van der Waals surface area (Å²) in [5.74, 6) is 0. The Morgan fingerprint density at radius 2 is 1.77 bits per heavy atom. The molecule has 1 fully saturated rings. The average Bonchev–Trinajstić information content (AvgIpc) is 3.06. The van der Waals surface area contributed by atoms with Crippen molar-refractivity contribution < 1.29 is 0 Å². The summed E-state index contributed by atoms with van der Waals surface area (Å²) >= 11 is 0. The van der Waals surface area contributed by atoms with E-state index in [2.05, 4.69) is 38.5 Å². The van der Waals surface area contributed by atoms with Crippen LogP contribution in [-0.2, 0) is 0 Å². The molecule has 3 aliphatic rings. The lowest BCUT2D eigenvalue weighted by atomic mass is 10.1. The summed E-state index contributed by atoms with van der Waals surface area (Å²) in [6.07, 6.45) is 1.77. The Morgan fingerprint density at radius 3 is 2.58 bits per heavy atom. The molecule has 0 unspecified atom stereocenters. The molecular formula is C20H19N5O. The topological polar surface area (TPSA) is 66.0 Å². The molecule has 0 spiro atoms. The van der Waals surface area contributed by atoms with Crippen LogP contribution in [-0.4, -0.2) is 40.9 Å². The van der Waals surface area contributed by atoms with E-state index >= 15 is 0 Å². The number of anilines is 1. The normalized spacial score (nSPS) is 15.0. The molecule has 26 heavy (non-hydrogen) atoms. The highest BCUT2D eigenvalue weighted by atomic mass is 16.1. The van der Waals surface area contributed by atoms with Crippen LogP contribution in [0, 0.1) is 0 Å². The van der Waals surface area contributed by atoms with Crippen LogP contribution in [0.3, 0.4) is 0 Å². The third-order valence-electron chi connectivity index (χ3n) is 4.99. The number of fused-ring (bicyclic) bond motifs is 3. The Balaban J connectivity index is 1.66. The van der Waals surface area contributed by atoms with Gasteiger partial charge < -0.3 is 15.2 Å². The van der Waals surface area contributed by atoms with E-state index in [0.29, 0.717) is 5.56 Å². The summed E-state index contributed by atoms with van der Waals surface area (Å²) in [6.45, 7) is 4.01. The Hall–Kier alpha value is -3.12. The molecule has 0 saturated carbocycles. The minimum Gasteiger partial charge on any atom is -0.369 e. The number of hydrogen-bond acceptors (Lipinski definition) is 4. The average molecular weight is 345 g/mol. The van der Waals surface area contributed by atoms with Crippen molar-refractivity contribution in [3.05, 3.63) is 65.1 Å². The lowest BCUT2D eigenvalue weighted by Crippen LogP contribution is -2.43. The number of hydrogen-bond donors (Lipinski definition) is 2. The molecule has 0 amide bonds. The highest BCUT2D eigenvalue weighted by Gasteiger charge is 2.19. The fraction of sp³-hybridized carbons (Fsp3) is 0.200. The predicted molar refractivity (Wildman–Crippen MR) is 103 cm³/mol.